The summed E-state index contributed by atoms with van der Waals surface area (Å²) in [5.41, 5.74) is 2.35. The van der Waals surface area contributed by atoms with Gasteiger partial charge in [-0.2, -0.15) is 0 Å². The van der Waals surface area contributed by atoms with Crippen LogP contribution in [-0.4, -0.2) is 56.4 Å². The van der Waals surface area contributed by atoms with Crippen LogP contribution >= 0.6 is 23.2 Å². The van der Waals surface area contributed by atoms with Crippen LogP contribution in [0.1, 0.15) is 6.42 Å². The molecule has 2 aromatic heterocycles. The highest BCUT2D eigenvalue weighted by molar-refractivity contribution is 7.91. The highest BCUT2D eigenvalue weighted by Gasteiger charge is 2.28. The van der Waals surface area contributed by atoms with Gasteiger partial charge < -0.3 is 10.1 Å². The van der Waals surface area contributed by atoms with Crippen LogP contribution in [0.25, 0.3) is 33.2 Å². The number of methoxy groups -OCH3 is 1. The van der Waals surface area contributed by atoms with Gasteiger partial charge >= 0.3 is 0 Å². The van der Waals surface area contributed by atoms with E-state index in [1.807, 2.05) is 6.07 Å². The number of nitrogens with zero attached hydrogens (tertiary/aromatic N) is 3. The van der Waals surface area contributed by atoms with Crippen LogP contribution in [-0.2, 0) is 19.9 Å². The van der Waals surface area contributed by atoms with E-state index in [0.29, 0.717) is 45.0 Å². The van der Waals surface area contributed by atoms with Crippen LogP contribution in [0.5, 0.6) is 5.88 Å². The van der Waals surface area contributed by atoms with Gasteiger partial charge in [0.05, 0.1) is 29.2 Å². The summed E-state index contributed by atoms with van der Waals surface area (Å²) in [5, 5.41) is 9.81. The number of anilines is 1. The van der Waals surface area contributed by atoms with E-state index in [1.54, 1.807) is 30.5 Å². The Balaban J connectivity index is 1.56. The topological polar surface area (TPSA) is 154 Å². The summed E-state index contributed by atoms with van der Waals surface area (Å²) in [6.07, 6.45) is 3.52. The van der Waals surface area contributed by atoms with E-state index in [2.05, 4.69) is 20.3 Å². The lowest BCUT2D eigenvalue weighted by atomic mass is 9.98. The van der Waals surface area contributed by atoms with Gasteiger partial charge in [0.2, 0.25) is 21.9 Å². The number of aromatic nitrogens is 3. The molecule has 1 aliphatic rings. The first-order valence-corrected chi connectivity index (χ1v) is 15.4. The zero-order chi connectivity index (χ0) is 27.2. The van der Waals surface area contributed by atoms with Crippen molar-refractivity contribution in [3.63, 3.8) is 0 Å². The zero-order valence-corrected chi connectivity index (χ0v) is 23.0. The Morgan fingerprint density at radius 2 is 1.89 bits per heavy atom. The number of nitrogens with one attached hydrogen (secondary N) is 1. The fourth-order valence-electron chi connectivity index (χ4n) is 4.44. The van der Waals surface area contributed by atoms with Crippen LogP contribution < -0.4 is 15.2 Å². The maximum absolute atomic E-state index is 12.4. The minimum Gasteiger partial charge on any atom is -0.480 e. The quantitative estimate of drug-likeness (QED) is 0.338. The summed E-state index contributed by atoms with van der Waals surface area (Å²) in [5.74, 6) is 0.386. The molecule has 1 fully saturated rings. The molecule has 3 N–H and O–H groups in total. The van der Waals surface area contributed by atoms with E-state index in [9.17, 15) is 16.8 Å². The van der Waals surface area contributed by atoms with Gasteiger partial charge in [0.1, 0.15) is 0 Å². The molecule has 38 heavy (non-hydrogen) atoms. The van der Waals surface area contributed by atoms with Gasteiger partial charge in [0, 0.05) is 45.5 Å². The van der Waals surface area contributed by atoms with Crippen molar-refractivity contribution < 1.29 is 21.6 Å². The van der Waals surface area contributed by atoms with Crippen LogP contribution in [0, 0.1) is 0 Å². The molecule has 10 nitrogen and oxygen atoms in total. The molecule has 0 aliphatic carbocycles. The van der Waals surface area contributed by atoms with Crippen LogP contribution in [0.15, 0.2) is 53.7 Å². The van der Waals surface area contributed by atoms with E-state index in [0.717, 1.165) is 0 Å². The Bertz CT molecular complexity index is 1800. The largest absolute Gasteiger partial charge is 0.480 e. The predicted octanol–water partition coefficient (Wildman–Crippen LogP) is 3.92. The number of sulfonamides is 1. The van der Waals surface area contributed by atoms with Crippen molar-refractivity contribution >= 4 is 59.9 Å². The first-order chi connectivity index (χ1) is 18.0. The molecule has 1 saturated heterocycles. The molecule has 0 bridgehead atoms. The molecule has 1 aliphatic heterocycles. The fraction of sp³-hybridized carbons (Fsp3) is 0.208. The third kappa shape index (κ3) is 5.14. The minimum absolute atomic E-state index is 0.0528. The second kappa shape index (κ2) is 9.93. The van der Waals surface area contributed by atoms with E-state index in [4.69, 9.17) is 33.1 Å². The number of halogens is 2. The first-order valence-electron chi connectivity index (χ1n) is 11.2. The fourth-order valence-corrected chi connectivity index (χ4v) is 7.66. The predicted molar refractivity (Wildman–Crippen MR) is 147 cm³/mol. The average Bonchev–Trinajstić information content (AvgIpc) is 3.21. The molecule has 0 amide bonds. The minimum atomic E-state index is -4.21. The van der Waals surface area contributed by atoms with Crippen molar-refractivity contribution in [3.05, 3.63) is 58.8 Å². The van der Waals surface area contributed by atoms with E-state index in [1.165, 1.54) is 19.4 Å². The molecular formula is C24H21Cl2N5O5S2. The van der Waals surface area contributed by atoms with Crippen molar-refractivity contribution in [2.75, 3.05) is 23.9 Å². The summed E-state index contributed by atoms with van der Waals surface area (Å²) in [7, 11) is -5.95. The third-order valence-corrected chi connectivity index (χ3v) is 9.60. The van der Waals surface area contributed by atoms with Crippen LogP contribution in [0.4, 0.5) is 5.95 Å². The lowest BCUT2D eigenvalue weighted by Gasteiger charge is -2.16. The van der Waals surface area contributed by atoms with Crippen molar-refractivity contribution in [1.29, 1.82) is 0 Å². The number of primary sulfonamides is 1. The van der Waals surface area contributed by atoms with Gasteiger partial charge in [0.25, 0.3) is 0 Å². The van der Waals surface area contributed by atoms with Crippen LogP contribution in [0.2, 0.25) is 10.0 Å². The summed E-state index contributed by atoms with van der Waals surface area (Å²) in [6, 6.07) is 9.83. The number of hydrogen-bond acceptors (Lipinski definition) is 9. The number of pyridine rings is 1. The Morgan fingerprint density at radius 3 is 2.58 bits per heavy atom. The van der Waals surface area contributed by atoms with Gasteiger partial charge in [-0.15, -0.1) is 0 Å². The van der Waals surface area contributed by atoms with Crippen LogP contribution in [0.3, 0.4) is 0 Å². The number of benzene rings is 2. The highest BCUT2D eigenvalue weighted by Crippen LogP contribution is 2.44. The highest BCUT2D eigenvalue weighted by atomic mass is 35.5. The monoisotopic (exact) mass is 593 g/mol. The lowest BCUT2D eigenvalue weighted by molar-refractivity contribution is 0.385. The van der Waals surface area contributed by atoms with Crippen molar-refractivity contribution in [3.8, 4) is 28.1 Å². The molecule has 0 saturated carbocycles. The van der Waals surface area contributed by atoms with Crippen molar-refractivity contribution in [2.24, 2.45) is 5.14 Å². The van der Waals surface area contributed by atoms with Gasteiger partial charge in [0.15, 0.2) is 14.7 Å². The van der Waals surface area contributed by atoms with E-state index < -0.39 is 19.9 Å². The smallest absolute Gasteiger partial charge is 0.244 e. The second-order valence-electron chi connectivity index (χ2n) is 8.74. The molecule has 2 aromatic carbocycles. The number of rotatable bonds is 6. The van der Waals surface area contributed by atoms with Crippen molar-refractivity contribution in [2.45, 2.75) is 17.4 Å². The Hall–Kier alpha value is -3.03. The molecule has 198 valence electrons. The molecule has 3 heterocycles. The van der Waals surface area contributed by atoms with E-state index in [-0.39, 0.29) is 38.9 Å². The molecule has 5 rings (SSSR count). The maximum Gasteiger partial charge on any atom is 0.244 e. The summed E-state index contributed by atoms with van der Waals surface area (Å²) in [4.78, 5) is 12.5. The Labute approximate surface area is 229 Å². The van der Waals surface area contributed by atoms with Crippen molar-refractivity contribution in [1.82, 2.24) is 15.0 Å². The lowest BCUT2D eigenvalue weighted by Crippen LogP contribution is -2.21. The molecule has 14 heteroatoms. The number of sulfone groups is 1. The molecule has 0 radical (unpaired) electrons. The number of hydrogen-bond donors (Lipinski definition) is 2. The van der Waals surface area contributed by atoms with Gasteiger partial charge in [-0.1, -0.05) is 35.3 Å². The normalized spacial score (nSPS) is 17.0. The average molecular weight is 595 g/mol. The summed E-state index contributed by atoms with van der Waals surface area (Å²) >= 11 is 13.4. The summed E-state index contributed by atoms with van der Waals surface area (Å²) < 4.78 is 53.4. The Morgan fingerprint density at radius 1 is 1.11 bits per heavy atom. The van der Waals surface area contributed by atoms with Gasteiger partial charge in [-0.25, -0.2) is 36.9 Å². The number of ether oxygens (including phenoxy) is 1. The maximum atomic E-state index is 12.4. The molecule has 1 atom stereocenters. The van der Waals surface area contributed by atoms with E-state index >= 15 is 0 Å². The number of nitrogens with two attached hydrogens (primary N) is 1. The number of fused-ring (bicyclic) bond motifs is 1. The third-order valence-electron chi connectivity index (χ3n) is 6.17. The standard InChI is InChI=1S/C24H21Cl2N5O5S2/c1-36-23-22(38(27,34)35)17(6-8-28-23)16-3-4-18(25)20(21(16)26)13-2-5-19-14(10-13)11-29-24(31-19)30-15-7-9-37(32,33)12-15/h2-6,8,10-11,15H,7,9,12H2,1H3,(H2,27,34,35)(H,29,30,31). The Kier molecular flexibility index (Phi) is 6.95. The molecule has 1 unspecified atom stereocenters. The molecular weight excluding hydrogens is 573 g/mol. The molecule has 4 aromatic rings. The first kappa shape index (κ1) is 26.6. The molecule has 0 spiro atoms. The van der Waals surface area contributed by atoms with Gasteiger partial charge in [-0.05, 0) is 36.2 Å². The summed E-state index contributed by atoms with van der Waals surface area (Å²) in [6.45, 7) is 0. The van der Waals surface area contributed by atoms with Gasteiger partial charge in [-0.3, -0.25) is 0 Å². The SMILES string of the molecule is COc1nccc(-c2ccc(Cl)c(-c3ccc4nc(NC5CCS(=O)(=O)C5)ncc4c3)c2Cl)c1S(N)(=O)=O. The zero-order valence-electron chi connectivity index (χ0n) is 19.9. The second-order valence-corrected chi connectivity index (χ2v) is 13.2.